The molecule has 0 fully saturated rings. The lowest BCUT2D eigenvalue weighted by molar-refractivity contribution is -0.146. The van der Waals surface area contributed by atoms with E-state index in [1.54, 1.807) is 25.1 Å². The number of rotatable bonds is 6. The maximum atomic E-state index is 11.5. The number of para-hydroxylation sites is 1. The number of aliphatic hydroxyl groups is 1. The average Bonchev–Trinajstić information content (AvgIpc) is 2.36. The van der Waals surface area contributed by atoms with Crippen LogP contribution in [0, 0.1) is 0 Å². The SMILES string of the molecule is C=C(N[C@H](CO)C(=O)OCC)c1ccccc1N. The Morgan fingerprint density at radius 3 is 2.78 bits per heavy atom. The van der Waals surface area contributed by atoms with Crippen molar-refractivity contribution in [1.82, 2.24) is 5.32 Å². The lowest BCUT2D eigenvalue weighted by atomic mass is 10.1. The highest BCUT2D eigenvalue weighted by Crippen LogP contribution is 2.17. The van der Waals surface area contributed by atoms with Crippen molar-refractivity contribution in [2.75, 3.05) is 18.9 Å². The Kier molecular flexibility index (Phi) is 5.20. The molecule has 0 saturated carbocycles. The van der Waals surface area contributed by atoms with Crippen LogP contribution in [0.5, 0.6) is 0 Å². The summed E-state index contributed by atoms with van der Waals surface area (Å²) in [7, 11) is 0. The Bertz CT molecular complexity index is 432. The molecule has 1 rings (SSSR count). The monoisotopic (exact) mass is 250 g/mol. The van der Waals surface area contributed by atoms with Crippen molar-refractivity contribution >= 4 is 17.4 Å². The summed E-state index contributed by atoms with van der Waals surface area (Å²) >= 11 is 0. The Hall–Kier alpha value is -2.01. The van der Waals surface area contributed by atoms with E-state index < -0.39 is 12.0 Å². The molecule has 0 heterocycles. The zero-order valence-electron chi connectivity index (χ0n) is 10.3. The molecule has 0 aliphatic heterocycles. The van der Waals surface area contributed by atoms with Crippen molar-refractivity contribution < 1.29 is 14.6 Å². The van der Waals surface area contributed by atoms with Crippen LogP contribution >= 0.6 is 0 Å². The maximum absolute atomic E-state index is 11.5. The largest absolute Gasteiger partial charge is 0.464 e. The summed E-state index contributed by atoms with van der Waals surface area (Å²) in [5, 5.41) is 12.0. The molecule has 18 heavy (non-hydrogen) atoms. The van der Waals surface area contributed by atoms with Gasteiger partial charge in [0.2, 0.25) is 0 Å². The minimum atomic E-state index is -0.836. The van der Waals surface area contributed by atoms with Gasteiger partial charge in [0.05, 0.1) is 13.2 Å². The first-order valence-electron chi connectivity index (χ1n) is 5.68. The lowest BCUT2D eigenvalue weighted by Gasteiger charge is -2.18. The van der Waals surface area contributed by atoms with Gasteiger partial charge in [0, 0.05) is 16.9 Å². The van der Waals surface area contributed by atoms with Crippen LogP contribution in [0.1, 0.15) is 12.5 Å². The molecule has 0 aliphatic carbocycles. The molecular formula is C13H18N2O3. The third-order valence-corrected chi connectivity index (χ3v) is 2.39. The highest BCUT2D eigenvalue weighted by Gasteiger charge is 2.19. The molecule has 1 aromatic carbocycles. The van der Waals surface area contributed by atoms with Crippen molar-refractivity contribution in [2.24, 2.45) is 0 Å². The third-order valence-electron chi connectivity index (χ3n) is 2.39. The van der Waals surface area contributed by atoms with E-state index in [1.807, 2.05) is 6.07 Å². The van der Waals surface area contributed by atoms with Crippen LogP contribution in [0.2, 0.25) is 0 Å². The van der Waals surface area contributed by atoms with Crippen LogP contribution in [-0.4, -0.2) is 30.3 Å². The Morgan fingerprint density at radius 2 is 2.22 bits per heavy atom. The molecule has 4 N–H and O–H groups in total. The standard InChI is InChI=1S/C13H18N2O3/c1-3-18-13(17)12(8-16)15-9(2)10-6-4-5-7-11(10)14/h4-7,12,15-16H,2-3,8,14H2,1H3/t12-/m1/s1. The van der Waals surface area contributed by atoms with Gasteiger partial charge >= 0.3 is 5.97 Å². The number of carbonyl (C=O) groups excluding carboxylic acids is 1. The van der Waals surface area contributed by atoms with Gasteiger partial charge in [-0.15, -0.1) is 0 Å². The zero-order valence-corrected chi connectivity index (χ0v) is 10.3. The molecule has 1 aromatic rings. The van der Waals surface area contributed by atoms with Crippen molar-refractivity contribution in [1.29, 1.82) is 0 Å². The summed E-state index contributed by atoms with van der Waals surface area (Å²) in [6.45, 7) is 5.40. The summed E-state index contributed by atoms with van der Waals surface area (Å²) in [6, 6.07) is 6.31. The fourth-order valence-electron chi connectivity index (χ4n) is 1.48. The summed E-state index contributed by atoms with van der Waals surface area (Å²) in [5.41, 5.74) is 7.51. The van der Waals surface area contributed by atoms with Crippen LogP contribution in [0.15, 0.2) is 30.8 Å². The van der Waals surface area contributed by atoms with E-state index in [9.17, 15) is 4.79 Å². The Balaban J connectivity index is 2.74. The quantitative estimate of drug-likeness (QED) is 0.512. The van der Waals surface area contributed by atoms with Crippen LogP contribution in [0.4, 0.5) is 5.69 Å². The molecular weight excluding hydrogens is 232 g/mol. The molecule has 0 radical (unpaired) electrons. The van der Waals surface area contributed by atoms with Crippen LogP contribution in [0.25, 0.3) is 5.70 Å². The predicted molar refractivity (Wildman–Crippen MR) is 70.5 cm³/mol. The molecule has 0 bridgehead atoms. The highest BCUT2D eigenvalue weighted by atomic mass is 16.5. The second-order valence-corrected chi connectivity index (χ2v) is 3.70. The molecule has 1 atom stereocenters. The van der Waals surface area contributed by atoms with Gasteiger partial charge in [0.25, 0.3) is 0 Å². The minimum absolute atomic E-state index is 0.261. The average molecular weight is 250 g/mol. The van der Waals surface area contributed by atoms with Gasteiger partial charge in [-0.3, -0.25) is 0 Å². The number of esters is 1. The van der Waals surface area contributed by atoms with Gasteiger partial charge in [0.15, 0.2) is 0 Å². The number of nitrogen functional groups attached to an aromatic ring is 1. The van der Waals surface area contributed by atoms with Gasteiger partial charge in [-0.25, -0.2) is 4.79 Å². The van der Waals surface area contributed by atoms with Crippen LogP contribution < -0.4 is 11.1 Å². The number of aliphatic hydroxyl groups excluding tert-OH is 1. The number of hydrogen-bond acceptors (Lipinski definition) is 5. The van der Waals surface area contributed by atoms with E-state index in [1.165, 1.54) is 0 Å². The third kappa shape index (κ3) is 3.49. The summed E-state index contributed by atoms with van der Waals surface area (Å²) in [4.78, 5) is 11.5. The number of nitrogens with two attached hydrogens (primary N) is 1. The summed E-state index contributed by atoms with van der Waals surface area (Å²) in [5.74, 6) is -0.518. The molecule has 0 amide bonds. The predicted octanol–water partition coefficient (Wildman–Crippen LogP) is 0.753. The first-order chi connectivity index (χ1) is 8.60. The lowest BCUT2D eigenvalue weighted by Crippen LogP contribution is -2.39. The van der Waals surface area contributed by atoms with Gasteiger partial charge in [-0.2, -0.15) is 0 Å². The van der Waals surface area contributed by atoms with E-state index in [4.69, 9.17) is 15.6 Å². The first kappa shape index (κ1) is 14.1. The molecule has 5 nitrogen and oxygen atoms in total. The van der Waals surface area contributed by atoms with Crippen molar-refractivity contribution in [3.05, 3.63) is 36.4 Å². The number of anilines is 1. The molecule has 0 unspecified atom stereocenters. The molecule has 0 saturated heterocycles. The molecule has 0 aromatic heterocycles. The van der Waals surface area contributed by atoms with Crippen LogP contribution in [-0.2, 0) is 9.53 Å². The van der Waals surface area contributed by atoms with Crippen LogP contribution in [0.3, 0.4) is 0 Å². The normalized spacial score (nSPS) is 11.7. The highest BCUT2D eigenvalue weighted by molar-refractivity contribution is 5.80. The molecule has 5 heteroatoms. The van der Waals surface area contributed by atoms with Gasteiger partial charge in [0.1, 0.15) is 6.04 Å². The number of ether oxygens (including phenoxy) is 1. The summed E-state index contributed by atoms with van der Waals surface area (Å²) in [6.07, 6.45) is 0. The topological polar surface area (TPSA) is 84.6 Å². The van der Waals surface area contributed by atoms with E-state index >= 15 is 0 Å². The van der Waals surface area contributed by atoms with Crippen molar-refractivity contribution in [3.63, 3.8) is 0 Å². The fourth-order valence-corrected chi connectivity index (χ4v) is 1.48. The van der Waals surface area contributed by atoms with Crippen molar-refractivity contribution in [3.8, 4) is 0 Å². The summed E-state index contributed by atoms with van der Waals surface area (Å²) < 4.78 is 4.83. The number of carbonyl (C=O) groups is 1. The van der Waals surface area contributed by atoms with Crippen molar-refractivity contribution in [2.45, 2.75) is 13.0 Å². The van der Waals surface area contributed by atoms with E-state index in [0.717, 1.165) is 0 Å². The molecule has 0 spiro atoms. The molecule has 98 valence electrons. The Morgan fingerprint density at radius 1 is 1.56 bits per heavy atom. The Labute approximate surface area is 106 Å². The van der Waals surface area contributed by atoms with Gasteiger partial charge in [-0.1, -0.05) is 24.8 Å². The minimum Gasteiger partial charge on any atom is -0.464 e. The van der Waals surface area contributed by atoms with Gasteiger partial charge < -0.3 is 20.9 Å². The number of nitrogens with one attached hydrogen (secondary N) is 1. The zero-order chi connectivity index (χ0) is 13.5. The van der Waals surface area contributed by atoms with E-state index in [0.29, 0.717) is 16.9 Å². The number of hydrogen-bond donors (Lipinski definition) is 3. The van der Waals surface area contributed by atoms with Gasteiger partial charge in [-0.05, 0) is 13.0 Å². The van der Waals surface area contributed by atoms with E-state index in [-0.39, 0.29) is 13.2 Å². The second-order valence-electron chi connectivity index (χ2n) is 3.70. The second kappa shape index (κ2) is 6.66. The first-order valence-corrected chi connectivity index (χ1v) is 5.68. The smallest absolute Gasteiger partial charge is 0.330 e. The fraction of sp³-hybridized carbons (Fsp3) is 0.308. The number of benzene rings is 1. The molecule has 0 aliphatic rings. The maximum Gasteiger partial charge on any atom is 0.330 e. The van der Waals surface area contributed by atoms with E-state index in [2.05, 4.69) is 11.9 Å².